The summed E-state index contributed by atoms with van der Waals surface area (Å²) in [5.74, 6) is -0.513. The van der Waals surface area contributed by atoms with E-state index in [2.05, 4.69) is 9.51 Å². The standard InChI is InChI=1S/C8H5FN2O2/c9-6-4-2-1-3-5(6)7-10-8(12)11-13-7/h1-4H,(H,11,12). The topological polar surface area (TPSA) is 58.9 Å². The summed E-state index contributed by atoms with van der Waals surface area (Å²) in [6.45, 7) is 0. The SMILES string of the molecule is O=c1nc(-c2ccccc2F)o[nH]1. The molecule has 0 saturated carbocycles. The predicted octanol–water partition coefficient (Wildman–Crippen LogP) is 1.17. The van der Waals surface area contributed by atoms with Crippen molar-refractivity contribution in [1.82, 2.24) is 10.1 Å². The molecule has 1 heterocycles. The lowest BCUT2D eigenvalue weighted by Gasteiger charge is -1.93. The number of nitrogens with one attached hydrogen (secondary N) is 1. The highest BCUT2D eigenvalue weighted by Crippen LogP contribution is 2.17. The van der Waals surface area contributed by atoms with Crippen molar-refractivity contribution in [2.45, 2.75) is 0 Å². The summed E-state index contributed by atoms with van der Waals surface area (Å²) < 4.78 is 17.7. The van der Waals surface area contributed by atoms with Crippen LogP contribution in [0.1, 0.15) is 0 Å². The number of hydrogen-bond acceptors (Lipinski definition) is 3. The Kier molecular flexibility index (Phi) is 1.70. The summed E-state index contributed by atoms with van der Waals surface area (Å²) in [4.78, 5) is 14.0. The molecule has 5 heteroatoms. The van der Waals surface area contributed by atoms with E-state index < -0.39 is 11.5 Å². The Morgan fingerprint density at radius 1 is 1.38 bits per heavy atom. The van der Waals surface area contributed by atoms with Crippen molar-refractivity contribution in [3.63, 3.8) is 0 Å². The molecule has 0 spiro atoms. The number of rotatable bonds is 1. The average Bonchev–Trinajstić information content (AvgIpc) is 2.53. The molecule has 2 aromatic rings. The van der Waals surface area contributed by atoms with Crippen molar-refractivity contribution < 1.29 is 8.91 Å². The molecule has 0 aliphatic carbocycles. The molecule has 0 aliphatic rings. The first-order chi connectivity index (χ1) is 6.27. The number of aromatic nitrogens is 2. The minimum atomic E-state index is -0.627. The molecule has 0 bridgehead atoms. The highest BCUT2D eigenvalue weighted by Gasteiger charge is 2.09. The molecule has 0 aliphatic heterocycles. The molecule has 0 unspecified atom stereocenters. The van der Waals surface area contributed by atoms with Crippen LogP contribution >= 0.6 is 0 Å². The van der Waals surface area contributed by atoms with Crippen molar-refractivity contribution in [2.75, 3.05) is 0 Å². The number of nitrogens with zero attached hydrogens (tertiary/aromatic N) is 1. The zero-order chi connectivity index (χ0) is 9.26. The van der Waals surface area contributed by atoms with Gasteiger partial charge in [0, 0.05) is 0 Å². The minimum Gasteiger partial charge on any atom is -0.357 e. The molecule has 0 amide bonds. The fourth-order valence-corrected chi connectivity index (χ4v) is 0.980. The number of halogens is 1. The van der Waals surface area contributed by atoms with E-state index in [1.54, 1.807) is 12.1 Å². The first-order valence-corrected chi connectivity index (χ1v) is 3.58. The fraction of sp³-hybridized carbons (Fsp3) is 0. The van der Waals surface area contributed by atoms with E-state index >= 15 is 0 Å². The van der Waals surface area contributed by atoms with Crippen molar-refractivity contribution >= 4 is 0 Å². The van der Waals surface area contributed by atoms with Crippen LogP contribution in [-0.4, -0.2) is 10.1 Å². The van der Waals surface area contributed by atoms with E-state index in [1.807, 2.05) is 5.16 Å². The monoisotopic (exact) mass is 180 g/mol. The minimum absolute atomic E-state index is 0.0388. The van der Waals surface area contributed by atoms with Gasteiger partial charge in [0.1, 0.15) is 5.82 Å². The number of H-pyrrole nitrogens is 1. The van der Waals surface area contributed by atoms with Crippen LogP contribution in [0.15, 0.2) is 33.6 Å². The van der Waals surface area contributed by atoms with Gasteiger partial charge in [-0.1, -0.05) is 12.1 Å². The normalized spacial score (nSPS) is 10.2. The van der Waals surface area contributed by atoms with Crippen LogP contribution in [0.4, 0.5) is 4.39 Å². The summed E-state index contributed by atoms with van der Waals surface area (Å²) in [6.07, 6.45) is 0. The maximum Gasteiger partial charge on any atom is 0.377 e. The third-order valence-electron chi connectivity index (χ3n) is 1.54. The highest BCUT2D eigenvalue weighted by atomic mass is 19.1. The van der Waals surface area contributed by atoms with Gasteiger partial charge in [-0.2, -0.15) is 10.1 Å². The van der Waals surface area contributed by atoms with E-state index in [4.69, 9.17) is 0 Å². The molecule has 1 N–H and O–H groups in total. The zero-order valence-corrected chi connectivity index (χ0v) is 6.45. The second kappa shape index (κ2) is 2.85. The lowest BCUT2D eigenvalue weighted by atomic mass is 10.2. The van der Waals surface area contributed by atoms with Crippen LogP contribution in [0.3, 0.4) is 0 Å². The van der Waals surface area contributed by atoms with Crippen LogP contribution in [0, 0.1) is 5.82 Å². The van der Waals surface area contributed by atoms with E-state index in [0.717, 1.165) is 0 Å². The molecule has 1 aromatic heterocycles. The Hall–Kier alpha value is -1.91. The molecule has 66 valence electrons. The molecular weight excluding hydrogens is 175 g/mol. The smallest absolute Gasteiger partial charge is 0.357 e. The van der Waals surface area contributed by atoms with Crippen LogP contribution in [0.5, 0.6) is 0 Å². The van der Waals surface area contributed by atoms with Gasteiger partial charge in [-0.15, -0.1) is 0 Å². The van der Waals surface area contributed by atoms with Crippen molar-refractivity contribution in [3.05, 3.63) is 40.6 Å². The van der Waals surface area contributed by atoms with E-state index in [9.17, 15) is 9.18 Å². The van der Waals surface area contributed by atoms with E-state index in [-0.39, 0.29) is 11.5 Å². The number of aromatic amines is 1. The zero-order valence-electron chi connectivity index (χ0n) is 6.45. The molecule has 13 heavy (non-hydrogen) atoms. The molecule has 0 saturated heterocycles. The largest absolute Gasteiger partial charge is 0.377 e. The molecule has 1 aromatic carbocycles. The van der Waals surface area contributed by atoms with E-state index in [1.165, 1.54) is 12.1 Å². The molecule has 2 rings (SSSR count). The Morgan fingerprint density at radius 2 is 2.15 bits per heavy atom. The molecule has 4 nitrogen and oxygen atoms in total. The van der Waals surface area contributed by atoms with Gasteiger partial charge in [0.25, 0.3) is 5.89 Å². The van der Waals surface area contributed by atoms with Gasteiger partial charge >= 0.3 is 5.69 Å². The quantitative estimate of drug-likeness (QED) is 0.716. The lowest BCUT2D eigenvalue weighted by molar-refractivity contribution is 0.422. The van der Waals surface area contributed by atoms with Gasteiger partial charge < -0.3 is 4.52 Å². The summed E-state index contributed by atoms with van der Waals surface area (Å²) in [5, 5.41) is 1.99. The second-order valence-electron chi connectivity index (χ2n) is 2.41. The molecular formula is C8H5FN2O2. The highest BCUT2D eigenvalue weighted by molar-refractivity contribution is 5.52. The first kappa shape index (κ1) is 7.72. The summed E-state index contributed by atoms with van der Waals surface area (Å²) in [7, 11) is 0. The summed E-state index contributed by atoms with van der Waals surface area (Å²) in [6, 6.07) is 5.93. The maximum atomic E-state index is 13.1. The van der Waals surface area contributed by atoms with Gasteiger partial charge in [-0.05, 0) is 12.1 Å². The Bertz CT molecular complexity index is 475. The number of benzene rings is 1. The van der Waals surface area contributed by atoms with Crippen molar-refractivity contribution in [3.8, 4) is 11.5 Å². The summed E-state index contributed by atoms with van der Waals surface area (Å²) >= 11 is 0. The predicted molar refractivity (Wildman–Crippen MR) is 42.5 cm³/mol. The number of hydrogen-bond donors (Lipinski definition) is 1. The third kappa shape index (κ3) is 1.35. The van der Waals surface area contributed by atoms with Gasteiger partial charge in [-0.25, -0.2) is 9.18 Å². The maximum absolute atomic E-state index is 13.1. The third-order valence-corrected chi connectivity index (χ3v) is 1.54. The first-order valence-electron chi connectivity index (χ1n) is 3.58. The van der Waals surface area contributed by atoms with E-state index in [0.29, 0.717) is 0 Å². The van der Waals surface area contributed by atoms with Crippen molar-refractivity contribution in [2.24, 2.45) is 0 Å². The Balaban J connectivity index is 2.58. The van der Waals surface area contributed by atoms with Gasteiger partial charge in [-0.3, -0.25) is 0 Å². The summed E-state index contributed by atoms with van der Waals surface area (Å²) in [5.41, 5.74) is -0.459. The molecule has 0 atom stereocenters. The molecule has 0 fully saturated rings. The van der Waals surface area contributed by atoms with Gasteiger partial charge in [0.2, 0.25) is 0 Å². The molecule has 0 radical (unpaired) electrons. The van der Waals surface area contributed by atoms with Crippen LogP contribution in [0.25, 0.3) is 11.5 Å². The van der Waals surface area contributed by atoms with Crippen LogP contribution in [0.2, 0.25) is 0 Å². The average molecular weight is 180 g/mol. The van der Waals surface area contributed by atoms with Gasteiger partial charge in [0.15, 0.2) is 0 Å². The van der Waals surface area contributed by atoms with Gasteiger partial charge in [0.05, 0.1) is 5.56 Å². The second-order valence-corrected chi connectivity index (χ2v) is 2.41. The fourth-order valence-electron chi connectivity index (χ4n) is 0.980. The Labute approximate surface area is 72.0 Å². The Morgan fingerprint density at radius 3 is 2.77 bits per heavy atom. The lowest BCUT2D eigenvalue weighted by Crippen LogP contribution is -2.00. The van der Waals surface area contributed by atoms with Crippen LogP contribution in [-0.2, 0) is 0 Å². The van der Waals surface area contributed by atoms with Crippen molar-refractivity contribution in [1.29, 1.82) is 0 Å². The van der Waals surface area contributed by atoms with Crippen LogP contribution < -0.4 is 5.69 Å².